The summed E-state index contributed by atoms with van der Waals surface area (Å²) in [5.74, 6) is -0.754. The molecule has 1 fully saturated rings. The first-order chi connectivity index (χ1) is 8.95. The summed E-state index contributed by atoms with van der Waals surface area (Å²) >= 11 is 1.29. The number of nitrogens with zero attached hydrogens (tertiary/aromatic N) is 1. The van der Waals surface area contributed by atoms with Crippen LogP contribution in [-0.2, 0) is 19.2 Å². The highest BCUT2D eigenvalue weighted by atomic mass is 32.2. The average molecular weight is 287 g/mol. The molecule has 0 bridgehead atoms. The number of nitrogens with one attached hydrogen (secondary N) is 1. The lowest BCUT2D eigenvalue weighted by Crippen LogP contribution is -2.34. The van der Waals surface area contributed by atoms with Gasteiger partial charge < -0.3 is 11.1 Å². The van der Waals surface area contributed by atoms with Gasteiger partial charge in [-0.25, -0.2) is 0 Å². The summed E-state index contributed by atoms with van der Waals surface area (Å²) < 4.78 is 0. The summed E-state index contributed by atoms with van der Waals surface area (Å²) in [5, 5.41) is 2.03. The molecule has 0 aromatic heterocycles. The molecule has 4 amide bonds. The predicted octanol–water partition coefficient (Wildman–Crippen LogP) is -1.14. The van der Waals surface area contributed by atoms with Crippen LogP contribution in [0.5, 0.6) is 0 Å². The standard InChI is InChI=1S/C11H17N3O4S/c1-13-9(16)3-5-19-7-6-10(17)14(11(7)18)4-2-8(12)15/h7H,2-6H2,1H3,(H2,12,15)(H,13,16). The molecule has 1 aliphatic heterocycles. The zero-order chi connectivity index (χ0) is 14.4. The number of rotatable bonds is 7. The molecular formula is C11H17N3O4S. The Labute approximate surface area is 115 Å². The van der Waals surface area contributed by atoms with Gasteiger partial charge in [0, 0.05) is 38.6 Å². The number of hydrogen-bond donors (Lipinski definition) is 2. The van der Waals surface area contributed by atoms with Crippen molar-refractivity contribution in [3.63, 3.8) is 0 Å². The molecule has 1 heterocycles. The summed E-state index contributed by atoms with van der Waals surface area (Å²) in [6.45, 7) is 0.0412. The lowest BCUT2D eigenvalue weighted by Gasteiger charge is -2.13. The summed E-state index contributed by atoms with van der Waals surface area (Å²) in [6, 6.07) is 0. The lowest BCUT2D eigenvalue weighted by atomic mass is 10.3. The first kappa shape index (κ1) is 15.5. The van der Waals surface area contributed by atoms with E-state index in [1.807, 2.05) is 0 Å². The van der Waals surface area contributed by atoms with Gasteiger partial charge in [0.15, 0.2) is 0 Å². The van der Waals surface area contributed by atoms with Crippen LogP contribution < -0.4 is 11.1 Å². The van der Waals surface area contributed by atoms with Crippen molar-refractivity contribution in [3.05, 3.63) is 0 Å². The van der Waals surface area contributed by atoms with Crippen LogP contribution in [-0.4, -0.2) is 53.1 Å². The molecule has 1 aliphatic rings. The molecule has 8 heteroatoms. The number of hydrogen-bond acceptors (Lipinski definition) is 5. The molecule has 0 radical (unpaired) electrons. The van der Waals surface area contributed by atoms with Crippen molar-refractivity contribution >= 4 is 35.4 Å². The van der Waals surface area contributed by atoms with E-state index in [2.05, 4.69) is 5.32 Å². The van der Waals surface area contributed by atoms with Crippen molar-refractivity contribution in [2.24, 2.45) is 5.73 Å². The second-order valence-corrected chi connectivity index (χ2v) is 5.40. The topological polar surface area (TPSA) is 110 Å². The van der Waals surface area contributed by atoms with Crippen molar-refractivity contribution in [2.75, 3.05) is 19.3 Å². The number of thioether (sulfide) groups is 1. The maximum absolute atomic E-state index is 11.9. The van der Waals surface area contributed by atoms with Gasteiger partial charge in [0.05, 0.1) is 5.25 Å². The van der Waals surface area contributed by atoms with E-state index in [9.17, 15) is 19.2 Å². The van der Waals surface area contributed by atoms with Crippen LogP contribution in [0.1, 0.15) is 19.3 Å². The minimum Gasteiger partial charge on any atom is -0.370 e. The zero-order valence-electron chi connectivity index (χ0n) is 10.7. The Kier molecular flexibility index (Phi) is 5.81. The molecular weight excluding hydrogens is 270 g/mol. The van der Waals surface area contributed by atoms with E-state index >= 15 is 0 Å². The first-order valence-electron chi connectivity index (χ1n) is 5.90. The van der Waals surface area contributed by atoms with Crippen molar-refractivity contribution in [1.82, 2.24) is 10.2 Å². The van der Waals surface area contributed by atoms with E-state index in [4.69, 9.17) is 5.73 Å². The normalized spacial score (nSPS) is 18.8. The number of primary amides is 1. The van der Waals surface area contributed by atoms with Gasteiger partial charge in [-0.2, -0.15) is 0 Å². The lowest BCUT2D eigenvalue weighted by molar-refractivity contribution is -0.138. The van der Waals surface area contributed by atoms with Gasteiger partial charge in [-0.05, 0) is 0 Å². The fourth-order valence-corrected chi connectivity index (χ4v) is 2.78. The van der Waals surface area contributed by atoms with Gasteiger partial charge in [0.1, 0.15) is 0 Å². The van der Waals surface area contributed by atoms with Crippen LogP contribution >= 0.6 is 11.8 Å². The number of carbonyl (C=O) groups is 4. The van der Waals surface area contributed by atoms with Gasteiger partial charge in [-0.1, -0.05) is 0 Å². The highest BCUT2D eigenvalue weighted by Crippen LogP contribution is 2.25. The number of imide groups is 1. The Hall–Kier alpha value is -1.57. The molecule has 3 N–H and O–H groups in total. The van der Waals surface area contributed by atoms with Crippen molar-refractivity contribution in [2.45, 2.75) is 24.5 Å². The van der Waals surface area contributed by atoms with Gasteiger partial charge in [-0.15, -0.1) is 11.8 Å². The van der Waals surface area contributed by atoms with Gasteiger partial charge in [0.25, 0.3) is 0 Å². The van der Waals surface area contributed by atoms with Gasteiger partial charge >= 0.3 is 0 Å². The molecule has 1 rings (SSSR count). The third-order valence-corrected chi connectivity index (χ3v) is 3.92. The van der Waals surface area contributed by atoms with Crippen molar-refractivity contribution in [1.29, 1.82) is 0 Å². The first-order valence-corrected chi connectivity index (χ1v) is 6.95. The molecule has 1 unspecified atom stereocenters. The van der Waals surface area contributed by atoms with E-state index in [-0.39, 0.29) is 37.1 Å². The summed E-state index contributed by atoms with van der Waals surface area (Å²) in [5.41, 5.74) is 4.99. The largest absolute Gasteiger partial charge is 0.370 e. The van der Waals surface area contributed by atoms with Crippen LogP contribution in [0.15, 0.2) is 0 Å². The third kappa shape index (κ3) is 4.55. The maximum Gasteiger partial charge on any atom is 0.242 e. The summed E-state index contributed by atoms with van der Waals surface area (Å²) in [6.07, 6.45) is 0.406. The number of carbonyl (C=O) groups excluding carboxylic acids is 4. The Morgan fingerprint density at radius 2 is 2.11 bits per heavy atom. The van der Waals surface area contributed by atoms with E-state index < -0.39 is 11.2 Å². The molecule has 0 aliphatic carbocycles. The van der Waals surface area contributed by atoms with E-state index in [0.717, 1.165) is 4.90 Å². The van der Waals surface area contributed by atoms with Gasteiger partial charge in [-0.3, -0.25) is 24.1 Å². The second-order valence-electron chi connectivity index (χ2n) is 4.09. The monoisotopic (exact) mass is 287 g/mol. The van der Waals surface area contributed by atoms with Crippen LogP contribution in [0, 0.1) is 0 Å². The minimum absolute atomic E-state index is 0.0207. The Bertz CT molecular complexity index is 399. The summed E-state index contributed by atoms with van der Waals surface area (Å²) in [7, 11) is 1.54. The number of amides is 4. The smallest absolute Gasteiger partial charge is 0.242 e. The Morgan fingerprint density at radius 3 is 2.68 bits per heavy atom. The minimum atomic E-state index is -0.545. The van der Waals surface area contributed by atoms with Gasteiger partial charge in [0.2, 0.25) is 23.6 Å². The zero-order valence-corrected chi connectivity index (χ0v) is 11.5. The van der Waals surface area contributed by atoms with Crippen LogP contribution in [0.4, 0.5) is 0 Å². The average Bonchev–Trinajstić information content (AvgIpc) is 2.62. The fourth-order valence-electron chi connectivity index (χ4n) is 1.66. The molecule has 1 atom stereocenters. The van der Waals surface area contributed by atoms with Crippen molar-refractivity contribution < 1.29 is 19.2 Å². The second kappa shape index (κ2) is 7.13. The highest BCUT2D eigenvalue weighted by Gasteiger charge is 2.38. The van der Waals surface area contributed by atoms with Crippen LogP contribution in [0.25, 0.3) is 0 Å². The SMILES string of the molecule is CNC(=O)CCSC1CC(=O)N(CCC(N)=O)C1=O. The summed E-state index contributed by atoms with van der Waals surface area (Å²) in [4.78, 5) is 46.3. The fraction of sp³-hybridized carbons (Fsp3) is 0.636. The highest BCUT2D eigenvalue weighted by molar-refractivity contribution is 8.00. The van der Waals surface area contributed by atoms with E-state index in [1.54, 1.807) is 7.05 Å². The quantitative estimate of drug-likeness (QED) is 0.575. The third-order valence-electron chi connectivity index (χ3n) is 2.71. The molecule has 0 aromatic carbocycles. The molecule has 0 saturated carbocycles. The van der Waals surface area contributed by atoms with Crippen LogP contribution in [0.2, 0.25) is 0 Å². The van der Waals surface area contributed by atoms with Crippen LogP contribution in [0.3, 0.4) is 0 Å². The predicted molar refractivity (Wildman–Crippen MR) is 70.1 cm³/mol. The molecule has 106 valence electrons. The number of nitrogens with two attached hydrogens (primary N) is 1. The molecule has 0 spiro atoms. The molecule has 1 saturated heterocycles. The van der Waals surface area contributed by atoms with E-state index in [1.165, 1.54) is 11.8 Å². The Balaban J connectivity index is 2.42. The number of likely N-dealkylation sites (tertiary alicyclic amines) is 1. The molecule has 7 nitrogen and oxygen atoms in total. The molecule has 19 heavy (non-hydrogen) atoms. The maximum atomic E-state index is 11.9. The Morgan fingerprint density at radius 1 is 1.42 bits per heavy atom. The molecule has 0 aromatic rings. The van der Waals surface area contributed by atoms with E-state index in [0.29, 0.717) is 12.2 Å². The van der Waals surface area contributed by atoms with Crippen molar-refractivity contribution in [3.8, 4) is 0 Å².